The Bertz CT molecular complexity index is 581. The molecule has 0 spiro atoms. The van der Waals surface area contributed by atoms with Crippen molar-refractivity contribution < 1.29 is 4.79 Å². The molecule has 19 heavy (non-hydrogen) atoms. The van der Waals surface area contributed by atoms with Crippen molar-refractivity contribution in [2.24, 2.45) is 0 Å². The number of hydrogen-bond acceptors (Lipinski definition) is 3. The maximum Gasteiger partial charge on any atom is 0.272 e. The molecule has 102 valence electrons. The molecule has 0 saturated carbocycles. The van der Waals surface area contributed by atoms with Crippen LogP contribution in [-0.2, 0) is 0 Å². The Kier molecular flexibility index (Phi) is 4.55. The fraction of sp³-hybridized carbons (Fsp3) is 0.385. The number of aromatic nitrogens is 2. The number of rotatable bonds is 5. The summed E-state index contributed by atoms with van der Waals surface area (Å²) in [7, 11) is 0. The summed E-state index contributed by atoms with van der Waals surface area (Å²) in [5.41, 5.74) is 1.29. The van der Waals surface area contributed by atoms with Crippen molar-refractivity contribution in [1.29, 1.82) is 0 Å². The summed E-state index contributed by atoms with van der Waals surface area (Å²) >= 11 is 3.40. The first kappa shape index (κ1) is 14.0. The van der Waals surface area contributed by atoms with Gasteiger partial charge >= 0.3 is 0 Å². The molecular formula is C13H17BrN4O. The monoisotopic (exact) mass is 324 g/mol. The van der Waals surface area contributed by atoms with Gasteiger partial charge < -0.3 is 10.6 Å². The van der Waals surface area contributed by atoms with Crippen LogP contribution >= 0.6 is 15.9 Å². The van der Waals surface area contributed by atoms with Gasteiger partial charge in [-0.25, -0.2) is 0 Å². The van der Waals surface area contributed by atoms with E-state index in [4.69, 9.17) is 0 Å². The molecule has 2 rings (SSSR count). The summed E-state index contributed by atoms with van der Waals surface area (Å²) in [4.78, 5) is 12.1. The molecule has 0 fully saturated rings. The predicted octanol–water partition coefficient (Wildman–Crippen LogP) is 2.05. The normalized spacial score (nSPS) is 12.6. The second-order valence-electron chi connectivity index (χ2n) is 4.43. The number of aromatic amines is 1. The number of nitrogens with zero attached hydrogens (tertiary/aromatic N) is 1. The third kappa shape index (κ3) is 3.33. The molecule has 0 aliphatic rings. The van der Waals surface area contributed by atoms with Gasteiger partial charge in [0.15, 0.2) is 5.69 Å². The first-order valence-electron chi connectivity index (χ1n) is 6.27. The van der Waals surface area contributed by atoms with Gasteiger partial charge in [0.2, 0.25) is 0 Å². The Morgan fingerprint density at radius 2 is 2.32 bits per heavy atom. The molecule has 3 N–H and O–H groups in total. The van der Waals surface area contributed by atoms with Crippen LogP contribution < -0.4 is 10.6 Å². The van der Waals surface area contributed by atoms with E-state index in [9.17, 15) is 4.79 Å². The van der Waals surface area contributed by atoms with Crippen molar-refractivity contribution in [2.75, 3.05) is 13.1 Å². The zero-order chi connectivity index (χ0) is 13.8. The highest BCUT2D eigenvalue weighted by molar-refractivity contribution is 9.10. The highest BCUT2D eigenvalue weighted by Gasteiger charge is 2.14. The number of fused-ring (bicyclic) bond motifs is 1. The average Bonchev–Trinajstić information content (AvgIpc) is 2.79. The number of benzene rings is 1. The zero-order valence-corrected chi connectivity index (χ0v) is 12.5. The molecule has 0 saturated heterocycles. The van der Waals surface area contributed by atoms with E-state index >= 15 is 0 Å². The number of likely N-dealkylation sites (N-methyl/N-ethyl adjacent to an activating group) is 1. The van der Waals surface area contributed by atoms with Crippen LogP contribution in [0.25, 0.3) is 10.9 Å². The lowest BCUT2D eigenvalue weighted by molar-refractivity contribution is 0.0947. The fourth-order valence-electron chi connectivity index (χ4n) is 1.91. The SMILES string of the molecule is CCN[C@H](C)CNC(=O)c1n[nH]c2ccc(Br)cc12. The highest BCUT2D eigenvalue weighted by Crippen LogP contribution is 2.20. The molecule has 1 heterocycles. The van der Waals surface area contributed by atoms with E-state index in [-0.39, 0.29) is 11.9 Å². The van der Waals surface area contributed by atoms with E-state index in [0.29, 0.717) is 12.2 Å². The van der Waals surface area contributed by atoms with Crippen LogP contribution in [0.3, 0.4) is 0 Å². The van der Waals surface area contributed by atoms with Crippen LogP contribution in [0.1, 0.15) is 24.3 Å². The Morgan fingerprint density at radius 3 is 3.05 bits per heavy atom. The van der Waals surface area contributed by atoms with Gasteiger partial charge in [0.25, 0.3) is 5.91 Å². The minimum absolute atomic E-state index is 0.158. The van der Waals surface area contributed by atoms with Crippen molar-refractivity contribution in [3.63, 3.8) is 0 Å². The smallest absolute Gasteiger partial charge is 0.272 e. The maximum atomic E-state index is 12.1. The first-order valence-corrected chi connectivity index (χ1v) is 7.06. The molecule has 1 amide bonds. The van der Waals surface area contributed by atoms with Crippen molar-refractivity contribution in [2.45, 2.75) is 19.9 Å². The Hall–Kier alpha value is -1.40. The number of carbonyl (C=O) groups excluding carboxylic acids is 1. The number of halogens is 1. The van der Waals surface area contributed by atoms with Gasteiger partial charge in [-0.3, -0.25) is 9.89 Å². The number of hydrogen-bond donors (Lipinski definition) is 3. The minimum Gasteiger partial charge on any atom is -0.349 e. The lowest BCUT2D eigenvalue weighted by atomic mass is 10.2. The molecule has 0 bridgehead atoms. The number of amides is 1. The number of carbonyl (C=O) groups is 1. The molecule has 1 aromatic heterocycles. The minimum atomic E-state index is -0.158. The molecule has 0 radical (unpaired) electrons. The summed E-state index contributed by atoms with van der Waals surface area (Å²) in [5.74, 6) is -0.158. The maximum absolute atomic E-state index is 12.1. The number of nitrogens with one attached hydrogen (secondary N) is 3. The Labute approximate surface area is 120 Å². The molecule has 1 atom stereocenters. The zero-order valence-electron chi connectivity index (χ0n) is 11.0. The third-order valence-electron chi connectivity index (χ3n) is 2.86. The molecule has 0 aliphatic carbocycles. The van der Waals surface area contributed by atoms with Crippen molar-refractivity contribution in [3.05, 3.63) is 28.4 Å². The quantitative estimate of drug-likeness (QED) is 0.788. The van der Waals surface area contributed by atoms with Crippen LogP contribution in [0, 0.1) is 0 Å². The predicted molar refractivity (Wildman–Crippen MR) is 79.3 cm³/mol. The van der Waals surface area contributed by atoms with E-state index < -0.39 is 0 Å². The lowest BCUT2D eigenvalue weighted by Crippen LogP contribution is -2.38. The first-order chi connectivity index (χ1) is 9.11. The second kappa shape index (κ2) is 6.16. The van der Waals surface area contributed by atoms with E-state index in [2.05, 4.69) is 36.8 Å². The summed E-state index contributed by atoms with van der Waals surface area (Å²) in [6.07, 6.45) is 0. The van der Waals surface area contributed by atoms with Gasteiger partial charge in [0.05, 0.1) is 5.52 Å². The Balaban J connectivity index is 2.11. The molecular weight excluding hydrogens is 308 g/mol. The van der Waals surface area contributed by atoms with E-state index in [0.717, 1.165) is 21.9 Å². The van der Waals surface area contributed by atoms with Crippen molar-refractivity contribution >= 4 is 32.7 Å². The van der Waals surface area contributed by atoms with Gasteiger partial charge in [-0.05, 0) is 31.7 Å². The van der Waals surface area contributed by atoms with E-state index in [1.807, 2.05) is 32.0 Å². The molecule has 1 aromatic carbocycles. The van der Waals surface area contributed by atoms with Crippen LogP contribution in [-0.4, -0.2) is 35.2 Å². The second-order valence-corrected chi connectivity index (χ2v) is 5.35. The van der Waals surface area contributed by atoms with Crippen LogP contribution in [0.2, 0.25) is 0 Å². The number of H-pyrrole nitrogens is 1. The van der Waals surface area contributed by atoms with Crippen LogP contribution in [0.5, 0.6) is 0 Å². The summed E-state index contributed by atoms with van der Waals surface area (Å²) < 4.78 is 0.927. The standard InChI is InChI=1S/C13H17BrN4O/c1-3-15-8(2)7-16-13(19)12-10-6-9(14)4-5-11(10)17-18-12/h4-6,8,15H,3,7H2,1-2H3,(H,16,19)(H,17,18)/t8-/m1/s1. The molecule has 2 aromatic rings. The van der Waals surface area contributed by atoms with Crippen LogP contribution in [0.4, 0.5) is 0 Å². The van der Waals surface area contributed by atoms with Gasteiger partial charge in [-0.15, -0.1) is 0 Å². The summed E-state index contributed by atoms with van der Waals surface area (Å²) in [5, 5.41) is 13.9. The van der Waals surface area contributed by atoms with Crippen molar-refractivity contribution in [1.82, 2.24) is 20.8 Å². The highest BCUT2D eigenvalue weighted by atomic mass is 79.9. The third-order valence-corrected chi connectivity index (χ3v) is 3.35. The average molecular weight is 325 g/mol. The Morgan fingerprint density at radius 1 is 1.53 bits per heavy atom. The fourth-order valence-corrected chi connectivity index (χ4v) is 2.27. The largest absolute Gasteiger partial charge is 0.349 e. The van der Waals surface area contributed by atoms with Crippen molar-refractivity contribution in [3.8, 4) is 0 Å². The van der Waals surface area contributed by atoms with Crippen LogP contribution in [0.15, 0.2) is 22.7 Å². The molecule has 0 unspecified atom stereocenters. The lowest BCUT2D eigenvalue weighted by Gasteiger charge is -2.12. The van der Waals surface area contributed by atoms with Gasteiger partial charge in [0, 0.05) is 22.4 Å². The topological polar surface area (TPSA) is 69.8 Å². The summed E-state index contributed by atoms with van der Waals surface area (Å²) in [6.45, 7) is 5.53. The van der Waals surface area contributed by atoms with Gasteiger partial charge in [0.1, 0.15) is 0 Å². The van der Waals surface area contributed by atoms with E-state index in [1.165, 1.54) is 0 Å². The molecule has 0 aliphatic heterocycles. The van der Waals surface area contributed by atoms with E-state index in [1.54, 1.807) is 0 Å². The van der Waals surface area contributed by atoms with Gasteiger partial charge in [-0.2, -0.15) is 5.10 Å². The molecule has 6 heteroatoms. The molecule has 5 nitrogen and oxygen atoms in total. The van der Waals surface area contributed by atoms with Gasteiger partial charge in [-0.1, -0.05) is 22.9 Å². The summed E-state index contributed by atoms with van der Waals surface area (Å²) in [6, 6.07) is 5.94.